The highest BCUT2D eigenvalue weighted by molar-refractivity contribution is 5.60. The molecule has 0 fully saturated rings. The van der Waals surface area contributed by atoms with E-state index in [0.717, 1.165) is 31.1 Å². The molecule has 0 saturated carbocycles. The Balaban J connectivity index is 1.46. The molecular weight excluding hydrogens is 402 g/mol. The molecule has 3 rings (SSSR count). The lowest BCUT2D eigenvalue weighted by Crippen LogP contribution is -2.36. The molecule has 0 bridgehead atoms. The Morgan fingerprint density at radius 1 is 0.909 bits per heavy atom. The minimum absolute atomic E-state index is 0.134. The fraction of sp³-hybridized carbons (Fsp3) is 0.600. The lowest BCUT2D eigenvalue weighted by atomic mass is 9.96. The maximum Gasteiger partial charge on any atom is 0.104 e. The van der Waals surface area contributed by atoms with Crippen molar-refractivity contribution >= 4 is 6.21 Å². The van der Waals surface area contributed by atoms with Gasteiger partial charge >= 0.3 is 0 Å². The second-order valence-corrected chi connectivity index (χ2v) is 10.5. The summed E-state index contributed by atoms with van der Waals surface area (Å²) in [5.41, 5.74) is 5.29. The number of aryl methyl sites for hydroxylation is 2. The Morgan fingerprint density at radius 2 is 1.67 bits per heavy atom. The maximum absolute atomic E-state index is 4.73. The van der Waals surface area contributed by atoms with Crippen molar-refractivity contribution in [1.82, 2.24) is 10.3 Å². The third kappa shape index (κ3) is 9.04. The minimum Gasteiger partial charge on any atom is -0.288 e. The van der Waals surface area contributed by atoms with E-state index in [1.807, 2.05) is 0 Å². The monoisotopic (exact) mass is 447 g/mol. The molecule has 3 nitrogen and oxygen atoms in total. The first-order valence-corrected chi connectivity index (χ1v) is 13.3. The van der Waals surface area contributed by atoms with Gasteiger partial charge in [-0.25, -0.2) is 0 Å². The van der Waals surface area contributed by atoms with E-state index in [2.05, 4.69) is 81.8 Å². The molecule has 0 spiro atoms. The first-order valence-electron chi connectivity index (χ1n) is 13.3. The second kappa shape index (κ2) is 13.6. The van der Waals surface area contributed by atoms with Gasteiger partial charge in [0.05, 0.1) is 0 Å². The van der Waals surface area contributed by atoms with Crippen molar-refractivity contribution in [2.24, 2.45) is 16.8 Å². The number of rotatable bonds is 13. The molecule has 0 aliphatic carbocycles. The Labute approximate surface area is 202 Å². The predicted molar refractivity (Wildman–Crippen MR) is 142 cm³/mol. The smallest absolute Gasteiger partial charge is 0.104 e. The number of benzene rings is 1. The molecule has 3 unspecified atom stereocenters. The van der Waals surface area contributed by atoms with Crippen LogP contribution in [-0.2, 0) is 19.3 Å². The van der Waals surface area contributed by atoms with E-state index in [-0.39, 0.29) is 6.17 Å². The van der Waals surface area contributed by atoms with Crippen LogP contribution in [0.3, 0.4) is 0 Å². The quantitative estimate of drug-likeness (QED) is 0.345. The number of aliphatic imine (C=N–C) groups is 1. The summed E-state index contributed by atoms with van der Waals surface area (Å²) in [7, 11) is 0. The minimum atomic E-state index is 0.134. The van der Waals surface area contributed by atoms with Crippen molar-refractivity contribution in [3.8, 4) is 0 Å². The van der Waals surface area contributed by atoms with Crippen molar-refractivity contribution in [2.45, 2.75) is 104 Å². The Kier molecular flexibility index (Phi) is 10.6. The molecular formula is C30H45N3. The Hall–Kier alpha value is -2.00. The fourth-order valence-electron chi connectivity index (χ4n) is 4.82. The molecule has 0 saturated heterocycles. The number of nitrogens with one attached hydrogen (secondary N) is 1. The summed E-state index contributed by atoms with van der Waals surface area (Å²) in [5.74, 6) is 1.62. The first-order chi connectivity index (χ1) is 16.0. The van der Waals surface area contributed by atoms with Crippen molar-refractivity contribution in [3.05, 3.63) is 65.0 Å². The topological polar surface area (TPSA) is 37.3 Å². The van der Waals surface area contributed by atoms with Gasteiger partial charge in [-0.3, -0.25) is 15.3 Å². The predicted octanol–water partition coefficient (Wildman–Crippen LogP) is 7.49. The molecule has 1 aromatic heterocycles. The van der Waals surface area contributed by atoms with Crippen LogP contribution >= 0.6 is 0 Å². The second-order valence-electron chi connectivity index (χ2n) is 10.5. The van der Waals surface area contributed by atoms with Crippen molar-refractivity contribution in [2.75, 3.05) is 0 Å². The molecule has 1 aliphatic heterocycles. The van der Waals surface area contributed by atoms with Crippen LogP contribution in [0.5, 0.6) is 0 Å². The van der Waals surface area contributed by atoms with Crippen LogP contribution in [0.15, 0.2) is 47.6 Å². The summed E-state index contributed by atoms with van der Waals surface area (Å²) in [4.78, 5) is 9.46. The van der Waals surface area contributed by atoms with Crippen LogP contribution < -0.4 is 5.32 Å². The summed E-state index contributed by atoms with van der Waals surface area (Å²) in [6.45, 7) is 9.24. The van der Waals surface area contributed by atoms with Gasteiger partial charge in [0, 0.05) is 37.0 Å². The summed E-state index contributed by atoms with van der Waals surface area (Å²) in [5, 5.41) is 3.73. The van der Waals surface area contributed by atoms with E-state index in [9.17, 15) is 0 Å². The third-order valence-electron chi connectivity index (χ3n) is 6.88. The van der Waals surface area contributed by atoms with Crippen molar-refractivity contribution in [1.29, 1.82) is 0 Å². The lowest BCUT2D eigenvalue weighted by Gasteiger charge is -2.26. The highest BCUT2D eigenvalue weighted by Gasteiger charge is 2.20. The van der Waals surface area contributed by atoms with E-state index in [1.165, 1.54) is 67.3 Å². The molecule has 2 heterocycles. The zero-order chi connectivity index (χ0) is 23.5. The third-order valence-corrected chi connectivity index (χ3v) is 6.88. The van der Waals surface area contributed by atoms with Crippen LogP contribution in [0.25, 0.3) is 0 Å². The zero-order valence-corrected chi connectivity index (χ0v) is 21.4. The molecule has 33 heavy (non-hydrogen) atoms. The van der Waals surface area contributed by atoms with Crippen LogP contribution in [0, 0.1) is 11.8 Å². The van der Waals surface area contributed by atoms with Gasteiger partial charge in [-0.2, -0.15) is 0 Å². The number of pyridine rings is 1. The molecule has 1 aliphatic rings. The van der Waals surface area contributed by atoms with Gasteiger partial charge in [0.25, 0.3) is 0 Å². The van der Waals surface area contributed by atoms with Crippen molar-refractivity contribution in [3.63, 3.8) is 0 Å². The lowest BCUT2D eigenvalue weighted by molar-refractivity contribution is 0.431. The maximum atomic E-state index is 4.73. The van der Waals surface area contributed by atoms with Gasteiger partial charge in [-0.05, 0) is 60.3 Å². The molecule has 2 aromatic rings. The average molecular weight is 448 g/mol. The van der Waals surface area contributed by atoms with Crippen LogP contribution in [0.1, 0.15) is 101 Å². The molecule has 0 amide bonds. The van der Waals surface area contributed by atoms with Crippen LogP contribution in [-0.4, -0.2) is 17.4 Å². The number of hydrogen-bond acceptors (Lipinski definition) is 3. The molecule has 1 N–H and O–H groups in total. The summed E-state index contributed by atoms with van der Waals surface area (Å²) < 4.78 is 0. The molecule has 180 valence electrons. The normalized spacial score (nSPS) is 19.2. The van der Waals surface area contributed by atoms with Gasteiger partial charge in [0.1, 0.15) is 6.17 Å². The molecule has 3 atom stereocenters. The highest BCUT2D eigenvalue weighted by atomic mass is 15.1. The van der Waals surface area contributed by atoms with E-state index < -0.39 is 0 Å². The fourth-order valence-corrected chi connectivity index (χ4v) is 4.82. The summed E-state index contributed by atoms with van der Waals surface area (Å²) >= 11 is 0. The van der Waals surface area contributed by atoms with E-state index in [1.54, 1.807) is 0 Å². The van der Waals surface area contributed by atoms with Gasteiger partial charge in [-0.1, -0.05) is 83.7 Å². The number of aromatic nitrogens is 1. The van der Waals surface area contributed by atoms with E-state index in [0.29, 0.717) is 6.04 Å². The summed E-state index contributed by atoms with van der Waals surface area (Å²) in [6, 6.07) is 14.0. The highest BCUT2D eigenvalue weighted by Crippen LogP contribution is 2.22. The molecule has 0 radical (unpaired) electrons. The standard InChI is InChI=1S/C30H45N3/c1-5-8-24(4)10-7-11-25-13-15-26(16-14-25)21-30-31-20-19-29(33-30)27-17-18-28(32-22-27)12-6-9-23(2)3/h13-18,20,22-24,29-30,33H,5-12,19,21H2,1-4H3. The summed E-state index contributed by atoms with van der Waals surface area (Å²) in [6.07, 6.45) is 16.2. The van der Waals surface area contributed by atoms with Gasteiger partial charge < -0.3 is 0 Å². The number of nitrogens with zero attached hydrogens (tertiary/aromatic N) is 2. The molecule has 3 heteroatoms. The van der Waals surface area contributed by atoms with Crippen LogP contribution in [0.4, 0.5) is 0 Å². The Bertz CT molecular complexity index is 823. The first kappa shape index (κ1) is 25.6. The van der Waals surface area contributed by atoms with Gasteiger partial charge in [0.15, 0.2) is 0 Å². The molecule has 1 aromatic carbocycles. The Morgan fingerprint density at radius 3 is 2.36 bits per heavy atom. The van der Waals surface area contributed by atoms with Crippen molar-refractivity contribution < 1.29 is 0 Å². The number of hydrogen-bond donors (Lipinski definition) is 1. The largest absolute Gasteiger partial charge is 0.288 e. The zero-order valence-electron chi connectivity index (χ0n) is 21.4. The van der Waals surface area contributed by atoms with Crippen LogP contribution in [0.2, 0.25) is 0 Å². The SMILES string of the molecule is CCCC(C)CCCc1ccc(CC2N=CCC(c3ccc(CCCC(C)C)nc3)N2)cc1. The van der Waals surface area contributed by atoms with E-state index >= 15 is 0 Å². The van der Waals surface area contributed by atoms with Gasteiger partial charge in [-0.15, -0.1) is 0 Å². The van der Waals surface area contributed by atoms with E-state index in [4.69, 9.17) is 9.98 Å². The van der Waals surface area contributed by atoms with Gasteiger partial charge in [0.2, 0.25) is 0 Å². The average Bonchev–Trinajstić information content (AvgIpc) is 2.81.